The van der Waals surface area contributed by atoms with E-state index in [-0.39, 0.29) is 16.2 Å². The molecule has 344 valence electrons. The summed E-state index contributed by atoms with van der Waals surface area (Å²) >= 11 is 0. The van der Waals surface area contributed by atoms with Gasteiger partial charge < -0.3 is 9.32 Å². The fraction of sp³-hybridized carbons (Fsp3) is 0.145. The molecule has 4 aliphatic rings. The van der Waals surface area contributed by atoms with Crippen molar-refractivity contribution in [3.8, 4) is 66.8 Å². The van der Waals surface area contributed by atoms with E-state index in [9.17, 15) is 0 Å². The molecule has 11 aromatic rings. The van der Waals surface area contributed by atoms with E-state index in [1.807, 2.05) is 12.4 Å². The summed E-state index contributed by atoms with van der Waals surface area (Å²) in [5.74, 6) is 0. The molecular formula is C69H52N2O. The molecule has 0 aliphatic heterocycles. The fourth-order valence-corrected chi connectivity index (χ4v) is 14.0. The number of hydrogen-bond acceptors (Lipinski definition) is 3. The van der Waals surface area contributed by atoms with E-state index in [4.69, 9.17) is 4.42 Å². The van der Waals surface area contributed by atoms with Crippen LogP contribution in [0.4, 0.5) is 17.1 Å². The Morgan fingerprint density at radius 1 is 0.417 bits per heavy atom. The second kappa shape index (κ2) is 14.4. The zero-order chi connectivity index (χ0) is 48.4. The molecular weight excluding hydrogens is 873 g/mol. The summed E-state index contributed by atoms with van der Waals surface area (Å²) in [6.07, 6.45) is 4.69. The minimum absolute atomic E-state index is 0.170. The van der Waals surface area contributed by atoms with Crippen molar-refractivity contribution in [1.82, 2.24) is 4.98 Å². The zero-order valence-electron chi connectivity index (χ0n) is 41.5. The third-order valence-corrected chi connectivity index (χ3v) is 17.3. The Morgan fingerprint density at radius 2 is 1.03 bits per heavy atom. The molecule has 2 heterocycles. The number of fused-ring (bicyclic) bond motifs is 19. The maximum atomic E-state index is 6.81. The van der Waals surface area contributed by atoms with Crippen LogP contribution in [0.5, 0.6) is 0 Å². The van der Waals surface area contributed by atoms with Gasteiger partial charge in [0.2, 0.25) is 0 Å². The van der Waals surface area contributed by atoms with Crippen LogP contribution >= 0.6 is 0 Å². The average molecular weight is 925 g/mol. The lowest BCUT2D eigenvalue weighted by Gasteiger charge is -2.32. The normalized spacial score (nSPS) is 15.4. The van der Waals surface area contributed by atoms with Gasteiger partial charge in [-0.15, -0.1) is 0 Å². The highest BCUT2D eigenvalue weighted by atomic mass is 16.3. The average Bonchev–Trinajstić information content (AvgIpc) is 4.17. The standard InChI is InChI=1S/C69H52N2O/c1-67(2)55-37-45(28-30-50(55)61-57(67)39-52(41-31-33-70-34-32-41)66-63(61)51-24-13-15-26-58(51)72-66)71(44-21-16-20-42(35-44)40-17-8-7-9-18-40)46-27-29-49-56(38-46)69(5,6)64-60(49)53-36-43-19-10-11-22-47(43)59(53)62-48-23-12-14-25-54(48)68(3,4)65(62)64/h7-35,37-39H,36H2,1-6H3. The first kappa shape index (κ1) is 41.5. The maximum absolute atomic E-state index is 6.81. The molecule has 3 nitrogen and oxygen atoms in total. The molecule has 0 N–H and O–H groups in total. The summed E-state index contributed by atoms with van der Waals surface area (Å²) in [6.45, 7) is 14.7. The van der Waals surface area contributed by atoms with E-state index in [1.54, 1.807) is 0 Å². The molecule has 0 bridgehead atoms. The maximum Gasteiger partial charge on any atom is 0.143 e. The first-order valence-corrected chi connectivity index (χ1v) is 25.6. The van der Waals surface area contributed by atoms with Gasteiger partial charge in [0.15, 0.2) is 0 Å². The first-order chi connectivity index (χ1) is 35.0. The number of aromatic nitrogens is 1. The van der Waals surface area contributed by atoms with Crippen LogP contribution in [0.15, 0.2) is 199 Å². The molecule has 3 heteroatoms. The van der Waals surface area contributed by atoms with Crippen molar-refractivity contribution < 1.29 is 4.42 Å². The summed E-state index contributed by atoms with van der Waals surface area (Å²) in [5.41, 5.74) is 31.4. The van der Waals surface area contributed by atoms with Gasteiger partial charge >= 0.3 is 0 Å². The molecule has 0 amide bonds. The number of rotatable bonds is 5. The van der Waals surface area contributed by atoms with E-state index in [0.29, 0.717) is 0 Å². The van der Waals surface area contributed by atoms with Crippen LogP contribution in [0.1, 0.15) is 86.1 Å². The molecule has 0 atom stereocenters. The van der Waals surface area contributed by atoms with Crippen molar-refractivity contribution >= 4 is 39.0 Å². The molecule has 72 heavy (non-hydrogen) atoms. The van der Waals surface area contributed by atoms with Crippen LogP contribution in [-0.4, -0.2) is 4.98 Å². The van der Waals surface area contributed by atoms with Crippen molar-refractivity contribution in [2.45, 2.75) is 64.2 Å². The Labute approximate surface area is 421 Å². The summed E-state index contributed by atoms with van der Waals surface area (Å²) in [4.78, 5) is 6.89. The molecule has 0 radical (unpaired) electrons. The number of para-hydroxylation sites is 1. The van der Waals surface area contributed by atoms with Gasteiger partial charge in [0, 0.05) is 62.0 Å². The molecule has 9 aromatic carbocycles. The third kappa shape index (κ3) is 5.43. The van der Waals surface area contributed by atoms with E-state index in [2.05, 4.69) is 233 Å². The molecule has 0 saturated carbocycles. The summed E-state index contributed by atoms with van der Waals surface area (Å²) in [5, 5.41) is 2.32. The van der Waals surface area contributed by atoms with Gasteiger partial charge in [0.05, 0.1) is 0 Å². The minimum atomic E-state index is -0.323. The van der Waals surface area contributed by atoms with E-state index < -0.39 is 0 Å². The van der Waals surface area contributed by atoms with E-state index in [0.717, 1.165) is 51.2 Å². The van der Waals surface area contributed by atoms with Gasteiger partial charge in [-0.3, -0.25) is 4.98 Å². The molecule has 0 spiro atoms. The van der Waals surface area contributed by atoms with Crippen molar-refractivity contribution in [3.05, 3.63) is 239 Å². The Bertz CT molecular complexity index is 4150. The first-order valence-electron chi connectivity index (χ1n) is 25.6. The summed E-state index contributed by atoms with van der Waals surface area (Å²) < 4.78 is 6.81. The van der Waals surface area contributed by atoms with Crippen molar-refractivity contribution in [1.29, 1.82) is 0 Å². The summed E-state index contributed by atoms with van der Waals surface area (Å²) in [6, 6.07) is 68.0. The molecule has 0 fully saturated rings. The van der Waals surface area contributed by atoms with Crippen LogP contribution in [0.25, 0.3) is 88.7 Å². The van der Waals surface area contributed by atoms with Gasteiger partial charge in [0.1, 0.15) is 11.2 Å². The van der Waals surface area contributed by atoms with Crippen molar-refractivity contribution in [2.75, 3.05) is 4.90 Å². The Morgan fingerprint density at radius 3 is 1.82 bits per heavy atom. The third-order valence-electron chi connectivity index (χ3n) is 17.3. The van der Waals surface area contributed by atoms with Gasteiger partial charge in [-0.25, -0.2) is 0 Å². The predicted octanol–water partition coefficient (Wildman–Crippen LogP) is 18.3. The lowest BCUT2D eigenvalue weighted by molar-refractivity contribution is 0.601. The van der Waals surface area contributed by atoms with Crippen LogP contribution in [0.2, 0.25) is 0 Å². The van der Waals surface area contributed by atoms with Crippen LogP contribution in [0.3, 0.4) is 0 Å². The molecule has 0 saturated heterocycles. The molecule has 4 aliphatic carbocycles. The SMILES string of the molecule is CC1(C)c2cc(N(c3cccc(-c4ccccc4)c3)c3ccc4c(c3)C(C)(C)c3c-4c4c(c5c3C(C)(C)c3ccccc3-5)-c3ccccc3C4)ccc2-c2c1cc(-c1ccncc1)c1oc3ccccc3c21. The largest absolute Gasteiger partial charge is 0.455 e. The number of benzene rings is 9. The Hall–Kier alpha value is -8.27. The minimum Gasteiger partial charge on any atom is -0.455 e. The quantitative estimate of drug-likeness (QED) is 0.172. The Kier molecular flexibility index (Phi) is 8.32. The smallest absolute Gasteiger partial charge is 0.143 e. The van der Waals surface area contributed by atoms with Gasteiger partial charge in [-0.2, -0.15) is 0 Å². The predicted molar refractivity (Wildman–Crippen MR) is 298 cm³/mol. The van der Waals surface area contributed by atoms with Crippen LogP contribution < -0.4 is 4.90 Å². The lowest BCUT2D eigenvalue weighted by Crippen LogP contribution is -2.24. The van der Waals surface area contributed by atoms with Crippen LogP contribution in [0, 0.1) is 0 Å². The highest BCUT2D eigenvalue weighted by Crippen LogP contribution is 2.65. The van der Waals surface area contributed by atoms with E-state index in [1.165, 1.54) is 106 Å². The van der Waals surface area contributed by atoms with Gasteiger partial charge in [-0.1, -0.05) is 163 Å². The van der Waals surface area contributed by atoms with Crippen LogP contribution in [-0.2, 0) is 22.7 Å². The molecule has 2 aromatic heterocycles. The molecule has 15 rings (SSSR count). The number of hydrogen-bond donors (Lipinski definition) is 0. The highest BCUT2D eigenvalue weighted by Gasteiger charge is 2.50. The number of furan rings is 1. The topological polar surface area (TPSA) is 29.3 Å². The second-order valence-corrected chi connectivity index (χ2v) is 22.2. The second-order valence-electron chi connectivity index (χ2n) is 22.2. The van der Waals surface area contributed by atoms with Gasteiger partial charge in [-0.05, 0) is 173 Å². The van der Waals surface area contributed by atoms with Crippen molar-refractivity contribution in [3.63, 3.8) is 0 Å². The lowest BCUT2D eigenvalue weighted by atomic mass is 9.71. The zero-order valence-corrected chi connectivity index (χ0v) is 41.5. The Balaban J connectivity index is 0.951. The fourth-order valence-electron chi connectivity index (χ4n) is 14.0. The number of anilines is 3. The highest BCUT2D eigenvalue weighted by molar-refractivity contribution is 6.19. The number of nitrogens with zero attached hydrogens (tertiary/aromatic N) is 2. The van der Waals surface area contributed by atoms with E-state index >= 15 is 0 Å². The number of pyridine rings is 1. The molecule has 0 unspecified atom stereocenters. The monoisotopic (exact) mass is 924 g/mol. The van der Waals surface area contributed by atoms with Crippen molar-refractivity contribution in [2.24, 2.45) is 0 Å². The van der Waals surface area contributed by atoms with Gasteiger partial charge in [0.25, 0.3) is 0 Å². The summed E-state index contributed by atoms with van der Waals surface area (Å²) in [7, 11) is 0.